The molecule has 5 heteroatoms. The fourth-order valence-electron chi connectivity index (χ4n) is 4.91. The van der Waals surface area contributed by atoms with Crippen molar-refractivity contribution >= 4 is 11.9 Å². The van der Waals surface area contributed by atoms with E-state index in [1.54, 1.807) is 0 Å². The van der Waals surface area contributed by atoms with Gasteiger partial charge in [0.05, 0.1) is 6.10 Å². The second-order valence-electron chi connectivity index (χ2n) is 8.10. The van der Waals surface area contributed by atoms with Crippen LogP contribution in [-0.2, 0) is 19.1 Å². The van der Waals surface area contributed by atoms with Gasteiger partial charge in [0.15, 0.2) is 6.61 Å². The maximum absolute atomic E-state index is 12.6. The number of esters is 1. The molecule has 2 aliphatic carbocycles. The lowest BCUT2D eigenvalue weighted by Crippen LogP contribution is -2.53. The highest BCUT2D eigenvalue weighted by Crippen LogP contribution is 2.38. The summed E-state index contributed by atoms with van der Waals surface area (Å²) in [4.78, 5) is 26.5. The molecule has 25 heavy (non-hydrogen) atoms. The first kappa shape index (κ1) is 18.7. The highest BCUT2D eigenvalue weighted by atomic mass is 16.6. The van der Waals surface area contributed by atoms with E-state index in [9.17, 15) is 9.59 Å². The van der Waals surface area contributed by atoms with E-state index in [0.717, 1.165) is 32.2 Å². The van der Waals surface area contributed by atoms with Gasteiger partial charge in [0.2, 0.25) is 0 Å². The van der Waals surface area contributed by atoms with Crippen LogP contribution in [0.1, 0.15) is 71.1 Å². The number of rotatable bonds is 5. The summed E-state index contributed by atoms with van der Waals surface area (Å²) in [6, 6.07) is 0.349. The molecule has 3 rings (SSSR count). The highest BCUT2D eigenvalue weighted by Gasteiger charge is 2.39. The van der Waals surface area contributed by atoms with Crippen LogP contribution in [0, 0.1) is 11.8 Å². The minimum atomic E-state index is -0.413. The summed E-state index contributed by atoms with van der Waals surface area (Å²) in [5.41, 5.74) is 0. The Balaban J connectivity index is 1.41. The van der Waals surface area contributed by atoms with Gasteiger partial charge in [-0.1, -0.05) is 39.0 Å². The van der Waals surface area contributed by atoms with Gasteiger partial charge in [-0.05, 0) is 43.9 Å². The van der Waals surface area contributed by atoms with Crippen molar-refractivity contribution in [3.8, 4) is 0 Å². The molecule has 3 fully saturated rings. The number of ether oxygens (including phenoxy) is 2. The lowest BCUT2D eigenvalue weighted by atomic mass is 9.72. The summed E-state index contributed by atoms with van der Waals surface area (Å²) in [6.07, 6.45) is 11.7. The zero-order valence-corrected chi connectivity index (χ0v) is 15.6. The van der Waals surface area contributed by atoms with E-state index in [1.807, 2.05) is 4.90 Å². The van der Waals surface area contributed by atoms with Gasteiger partial charge in [-0.2, -0.15) is 0 Å². The summed E-state index contributed by atoms with van der Waals surface area (Å²) in [5.74, 6) is 0.872. The van der Waals surface area contributed by atoms with E-state index in [4.69, 9.17) is 9.47 Å². The molecule has 3 atom stereocenters. The summed E-state index contributed by atoms with van der Waals surface area (Å²) in [7, 11) is 0. The molecule has 0 aromatic heterocycles. The van der Waals surface area contributed by atoms with E-state index in [0.29, 0.717) is 17.9 Å². The first-order valence-corrected chi connectivity index (χ1v) is 10.2. The Kier molecular flexibility index (Phi) is 6.74. The number of likely N-dealkylation sites (tertiary alicyclic amines) is 1. The van der Waals surface area contributed by atoms with E-state index in [1.165, 1.54) is 38.5 Å². The van der Waals surface area contributed by atoms with Crippen molar-refractivity contribution in [1.82, 2.24) is 4.90 Å². The zero-order chi connectivity index (χ0) is 17.6. The predicted molar refractivity (Wildman–Crippen MR) is 95.0 cm³/mol. The van der Waals surface area contributed by atoms with E-state index in [-0.39, 0.29) is 25.2 Å². The lowest BCUT2D eigenvalue weighted by Gasteiger charge is -2.47. The monoisotopic (exact) mass is 351 g/mol. The Bertz CT molecular complexity index is 461. The molecule has 1 aliphatic heterocycles. The predicted octanol–water partition coefficient (Wildman–Crippen LogP) is 3.31. The molecule has 2 saturated carbocycles. The molecule has 3 aliphatic rings. The minimum absolute atomic E-state index is 0.0268. The molecule has 0 aromatic carbocycles. The molecular formula is C20H33NO4. The van der Waals surface area contributed by atoms with Crippen LogP contribution >= 0.6 is 0 Å². The van der Waals surface area contributed by atoms with E-state index in [2.05, 4.69) is 6.92 Å². The van der Waals surface area contributed by atoms with Gasteiger partial charge in [0.1, 0.15) is 6.61 Å². The number of carbonyl (C=O) groups excluding carboxylic acids is 2. The standard InChI is InChI=1S/C20H33NO4/c1-15-11-12-21(18-10-6-5-9-17(15)18)19(22)13-25-20(23)14-24-16-7-3-2-4-8-16/h15-18H,2-14H2,1H3/t15-,17-,18+/m1/s1. The zero-order valence-electron chi connectivity index (χ0n) is 15.6. The number of hydrogen-bond donors (Lipinski definition) is 0. The van der Waals surface area contributed by atoms with Crippen LogP contribution in [0.15, 0.2) is 0 Å². The number of fused-ring (bicyclic) bond motifs is 1. The van der Waals surface area contributed by atoms with Crippen molar-refractivity contribution in [1.29, 1.82) is 0 Å². The third kappa shape index (κ3) is 4.96. The molecule has 1 saturated heterocycles. The fraction of sp³-hybridized carbons (Fsp3) is 0.900. The van der Waals surface area contributed by atoms with Crippen LogP contribution in [0.3, 0.4) is 0 Å². The van der Waals surface area contributed by atoms with Crippen LogP contribution < -0.4 is 0 Å². The Hall–Kier alpha value is -1.10. The molecular weight excluding hydrogens is 318 g/mol. The number of amides is 1. The third-order valence-corrected chi connectivity index (χ3v) is 6.40. The average molecular weight is 351 g/mol. The minimum Gasteiger partial charge on any atom is -0.454 e. The molecule has 0 unspecified atom stereocenters. The number of piperidine rings is 1. The summed E-state index contributed by atoms with van der Waals surface area (Å²) < 4.78 is 10.8. The van der Waals surface area contributed by atoms with Crippen molar-refractivity contribution in [3.63, 3.8) is 0 Å². The van der Waals surface area contributed by atoms with Crippen molar-refractivity contribution in [2.45, 2.75) is 83.3 Å². The number of nitrogens with zero attached hydrogens (tertiary/aromatic N) is 1. The molecule has 0 spiro atoms. The third-order valence-electron chi connectivity index (χ3n) is 6.40. The molecule has 0 aromatic rings. The van der Waals surface area contributed by atoms with E-state index >= 15 is 0 Å². The van der Waals surface area contributed by atoms with Crippen LogP contribution in [0.5, 0.6) is 0 Å². The summed E-state index contributed by atoms with van der Waals surface area (Å²) >= 11 is 0. The molecule has 1 heterocycles. The van der Waals surface area contributed by atoms with Crippen LogP contribution in [-0.4, -0.2) is 48.7 Å². The normalized spacial score (nSPS) is 30.6. The average Bonchev–Trinajstić information content (AvgIpc) is 2.66. The SMILES string of the molecule is C[C@@H]1CCN(C(=O)COC(=O)COC2CCCCC2)[C@H]2CCCC[C@H]12. The van der Waals surface area contributed by atoms with Crippen LogP contribution in [0.4, 0.5) is 0 Å². The Morgan fingerprint density at radius 3 is 2.44 bits per heavy atom. The Morgan fingerprint density at radius 1 is 0.920 bits per heavy atom. The smallest absolute Gasteiger partial charge is 0.332 e. The second-order valence-corrected chi connectivity index (χ2v) is 8.10. The molecule has 0 N–H and O–H groups in total. The fourth-order valence-corrected chi connectivity index (χ4v) is 4.91. The molecule has 5 nitrogen and oxygen atoms in total. The maximum atomic E-state index is 12.6. The van der Waals surface area contributed by atoms with Crippen molar-refractivity contribution in [2.24, 2.45) is 11.8 Å². The van der Waals surface area contributed by atoms with Gasteiger partial charge in [0, 0.05) is 12.6 Å². The largest absolute Gasteiger partial charge is 0.454 e. The van der Waals surface area contributed by atoms with Gasteiger partial charge < -0.3 is 14.4 Å². The molecule has 1 amide bonds. The van der Waals surface area contributed by atoms with Gasteiger partial charge in [-0.3, -0.25) is 4.79 Å². The van der Waals surface area contributed by atoms with E-state index < -0.39 is 5.97 Å². The summed E-state index contributed by atoms with van der Waals surface area (Å²) in [5, 5.41) is 0. The van der Waals surface area contributed by atoms with Gasteiger partial charge >= 0.3 is 5.97 Å². The topological polar surface area (TPSA) is 55.8 Å². The Morgan fingerprint density at radius 2 is 1.64 bits per heavy atom. The number of carbonyl (C=O) groups is 2. The Labute approximate surface area is 151 Å². The van der Waals surface area contributed by atoms with Crippen molar-refractivity contribution < 1.29 is 19.1 Å². The lowest BCUT2D eigenvalue weighted by molar-refractivity contribution is -0.160. The van der Waals surface area contributed by atoms with Crippen LogP contribution in [0.25, 0.3) is 0 Å². The molecule has 142 valence electrons. The summed E-state index contributed by atoms with van der Waals surface area (Å²) in [6.45, 7) is 2.95. The van der Waals surface area contributed by atoms with Crippen LogP contribution in [0.2, 0.25) is 0 Å². The van der Waals surface area contributed by atoms with Gasteiger partial charge in [-0.25, -0.2) is 4.79 Å². The quantitative estimate of drug-likeness (QED) is 0.713. The van der Waals surface area contributed by atoms with Gasteiger partial charge in [0.25, 0.3) is 5.91 Å². The second kappa shape index (κ2) is 9.02. The molecule has 0 bridgehead atoms. The first-order valence-electron chi connectivity index (χ1n) is 10.2. The van der Waals surface area contributed by atoms with Crippen molar-refractivity contribution in [2.75, 3.05) is 19.8 Å². The van der Waals surface area contributed by atoms with Crippen molar-refractivity contribution in [3.05, 3.63) is 0 Å². The van der Waals surface area contributed by atoms with Gasteiger partial charge in [-0.15, -0.1) is 0 Å². The maximum Gasteiger partial charge on any atom is 0.332 e. The first-order chi connectivity index (χ1) is 12.1. The number of hydrogen-bond acceptors (Lipinski definition) is 4. The molecule has 0 radical (unpaired) electrons. The highest BCUT2D eigenvalue weighted by molar-refractivity contribution is 5.81.